The molecule has 2 amide bonds. The molecule has 0 atom stereocenters. The number of aromatic nitrogens is 1. The number of amides is 2. The summed E-state index contributed by atoms with van der Waals surface area (Å²) < 4.78 is 29.1. The van der Waals surface area contributed by atoms with Gasteiger partial charge in [0.15, 0.2) is 4.34 Å². The minimum atomic E-state index is -0.867. The molecular formula is C19H17F2N3O2S2. The predicted molar refractivity (Wildman–Crippen MR) is 108 cm³/mol. The van der Waals surface area contributed by atoms with Crippen molar-refractivity contribution < 1.29 is 18.4 Å². The maximum Gasteiger partial charge on any atom is 0.244 e. The number of thiazole rings is 1. The number of nitrogens with one attached hydrogen (secondary N) is 1. The van der Waals surface area contributed by atoms with Gasteiger partial charge in [0.05, 0.1) is 22.5 Å². The van der Waals surface area contributed by atoms with Gasteiger partial charge >= 0.3 is 0 Å². The quantitative estimate of drug-likeness (QED) is 0.582. The van der Waals surface area contributed by atoms with Crippen LogP contribution in [0.15, 0.2) is 46.8 Å². The lowest BCUT2D eigenvalue weighted by Crippen LogP contribution is -2.39. The molecule has 0 unspecified atom stereocenters. The van der Waals surface area contributed by atoms with Gasteiger partial charge in [-0.2, -0.15) is 0 Å². The summed E-state index contributed by atoms with van der Waals surface area (Å²) in [6, 6.07) is 11.0. The van der Waals surface area contributed by atoms with Crippen molar-refractivity contribution in [2.24, 2.45) is 0 Å². The minimum Gasteiger partial charge on any atom is -0.333 e. The van der Waals surface area contributed by atoms with Crippen LogP contribution in [0.1, 0.15) is 6.92 Å². The van der Waals surface area contributed by atoms with Crippen LogP contribution in [0.4, 0.5) is 14.5 Å². The Morgan fingerprint density at radius 1 is 1.14 bits per heavy atom. The number of hydrogen-bond acceptors (Lipinski definition) is 5. The molecule has 0 fully saturated rings. The second kappa shape index (κ2) is 9.11. The average molecular weight is 421 g/mol. The fraction of sp³-hybridized carbons (Fsp3) is 0.211. The molecule has 146 valence electrons. The van der Waals surface area contributed by atoms with E-state index in [0.29, 0.717) is 6.54 Å². The zero-order chi connectivity index (χ0) is 20.1. The molecule has 1 aromatic heterocycles. The topological polar surface area (TPSA) is 62.3 Å². The molecule has 0 radical (unpaired) electrons. The van der Waals surface area contributed by atoms with Crippen LogP contribution in [0, 0.1) is 11.6 Å². The van der Waals surface area contributed by atoms with Gasteiger partial charge in [-0.1, -0.05) is 30.0 Å². The van der Waals surface area contributed by atoms with E-state index in [9.17, 15) is 18.4 Å². The molecule has 5 nitrogen and oxygen atoms in total. The van der Waals surface area contributed by atoms with E-state index in [1.165, 1.54) is 34.1 Å². The van der Waals surface area contributed by atoms with Crippen LogP contribution >= 0.6 is 23.1 Å². The number of benzene rings is 2. The maximum absolute atomic E-state index is 13.6. The van der Waals surface area contributed by atoms with E-state index < -0.39 is 23.2 Å². The van der Waals surface area contributed by atoms with Crippen LogP contribution in [0.3, 0.4) is 0 Å². The fourth-order valence-electron chi connectivity index (χ4n) is 2.47. The largest absolute Gasteiger partial charge is 0.333 e. The summed E-state index contributed by atoms with van der Waals surface area (Å²) in [7, 11) is 0. The summed E-state index contributed by atoms with van der Waals surface area (Å²) >= 11 is 2.79. The van der Waals surface area contributed by atoms with Gasteiger partial charge < -0.3 is 10.2 Å². The van der Waals surface area contributed by atoms with Gasteiger partial charge in [0.25, 0.3) is 0 Å². The Morgan fingerprint density at radius 2 is 1.86 bits per heavy atom. The highest BCUT2D eigenvalue weighted by Crippen LogP contribution is 2.29. The summed E-state index contributed by atoms with van der Waals surface area (Å²) in [5, 5.41) is 2.19. The van der Waals surface area contributed by atoms with Crippen LogP contribution in [-0.2, 0) is 9.59 Å². The lowest BCUT2D eigenvalue weighted by Gasteiger charge is -2.20. The van der Waals surface area contributed by atoms with Crippen molar-refractivity contribution in [3.63, 3.8) is 0 Å². The number of rotatable bonds is 7. The van der Waals surface area contributed by atoms with E-state index in [0.717, 1.165) is 26.7 Å². The summed E-state index contributed by atoms with van der Waals surface area (Å²) in [6.07, 6.45) is 0. The fourth-order valence-corrected chi connectivity index (χ4v) is 4.44. The van der Waals surface area contributed by atoms with E-state index in [-0.39, 0.29) is 18.2 Å². The van der Waals surface area contributed by atoms with Crippen LogP contribution in [0.2, 0.25) is 0 Å². The maximum atomic E-state index is 13.6. The SMILES string of the molecule is CCN(CC(=O)Nc1c(F)cccc1F)C(=O)CSc1nc2ccccc2s1. The zero-order valence-electron chi connectivity index (χ0n) is 14.9. The van der Waals surface area contributed by atoms with Gasteiger partial charge in [-0.15, -0.1) is 11.3 Å². The highest BCUT2D eigenvalue weighted by atomic mass is 32.2. The van der Waals surface area contributed by atoms with E-state index in [4.69, 9.17) is 0 Å². The standard InChI is InChI=1S/C19H17F2N3O2S2/c1-2-24(10-16(25)23-18-12(20)6-5-7-13(18)21)17(26)11-27-19-22-14-8-3-4-9-15(14)28-19/h3-9H,2,10-11H2,1H3,(H,23,25). The number of halogens is 2. The number of fused-ring (bicyclic) bond motifs is 1. The first kappa shape index (κ1) is 20.2. The molecule has 0 aliphatic carbocycles. The van der Waals surface area contributed by atoms with E-state index >= 15 is 0 Å². The molecule has 1 N–H and O–H groups in total. The lowest BCUT2D eigenvalue weighted by molar-refractivity contribution is -0.132. The third-order valence-corrected chi connectivity index (χ3v) is 6.05. The molecule has 28 heavy (non-hydrogen) atoms. The van der Waals surface area contributed by atoms with Crippen molar-refractivity contribution in [1.82, 2.24) is 9.88 Å². The number of anilines is 1. The Bertz CT molecular complexity index is 957. The molecule has 0 aliphatic rings. The predicted octanol–water partition coefficient (Wildman–Crippen LogP) is 4.15. The number of carbonyl (C=O) groups is 2. The smallest absolute Gasteiger partial charge is 0.244 e. The summed E-state index contributed by atoms with van der Waals surface area (Å²) in [5.74, 6) is -2.53. The molecule has 0 bridgehead atoms. The molecule has 3 rings (SSSR count). The molecule has 2 aromatic carbocycles. The number of thioether (sulfide) groups is 1. The van der Waals surface area contributed by atoms with Crippen molar-refractivity contribution in [3.05, 3.63) is 54.1 Å². The number of likely N-dealkylation sites (N-methyl/N-ethyl adjacent to an activating group) is 1. The third-order valence-electron chi connectivity index (χ3n) is 3.89. The molecule has 0 aliphatic heterocycles. The van der Waals surface area contributed by atoms with Crippen molar-refractivity contribution in [3.8, 4) is 0 Å². The Kier molecular flexibility index (Phi) is 6.58. The van der Waals surface area contributed by atoms with Crippen molar-refractivity contribution in [2.45, 2.75) is 11.3 Å². The normalized spacial score (nSPS) is 10.8. The van der Waals surface area contributed by atoms with E-state index in [1.54, 1.807) is 6.92 Å². The zero-order valence-corrected chi connectivity index (χ0v) is 16.6. The second-order valence-electron chi connectivity index (χ2n) is 5.79. The van der Waals surface area contributed by atoms with E-state index in [1.807, 2.05) is 24.3 Å². The van der Waals surface area contributed by atoms with Gasteiger partial charge in [-0.05, 0) is 31.2 Å². The Labute approximate surface area is 168 Å². The molecular weight excluding hydrogens is 404 g/mol. The van der Waals surface area contributed by atoms with Crippen LogP contribution in [0.5, 0.6) is 0 Å². The summed E-state index contributed by atoms with van der Waals surface area (Å²) in [4.78, 5) is 30.3. The number of hydrogen-bond donors (Lipinski definition) is 1. The molecule has 0 spiro atoms. The van der Waals surface area contributed by atoms with Crippen molar-refractivity contribution >= 4 is 50.8 Å². The van der Waals surface area contributed by atoms with Crippen molar-refractivity contribution in [1.29, 1.82) is 0 Å². The second-order valence-corrected chi connectivity index (χ2v) is 8.04. The Morgan fingerprint density at radius 3 is 2.54 bits per heavy atom. The number of para-hydroxylation sites is 2. The van der Waals surface area contributed by atoms with Crippen LogP contribution in [0.25, 0.3) is 10.2 Å². The van der Waals surface area contributed by atoms with E-state index in [2.05, 4.69) is 10.3 Å². The molecule has 0 saturated heterocycles. The van der Waals surface area contributed by atoms with Crippen LogP contribution in [-0.4, -0.2) is 40.5 Å². The number of carbonyl (C=O) groups excluding carboxylic acids is 2. The van der Waals surface area contributed by atoms with Gasteiger partial charge in [-0.25, -0.2) is 13.8 Å². The van der Waals surface area contributed by atoms with Crippen LogP contribution < -0.4 is 5.32 Å². The van der Waals surface area contributed by atoms with Crippen molar-refractivity contribution in [2.75, 3.05) is 24.2 Å². The summed E-state index contributed by atoms with van der Waals surface area (Å²) in [6.45, 7) is 1.74. The molecule has 3 aromatic rings. The first-order chi connectivity index (χ1) is 13.5. The average Bonchev–Trinajstić information content (AvgIpc) is 3.10. The van der Waals surface area contributed by atoms with Gasteiger partial charge in [0, 0.05) is 6.54 Å². The monoisotopic (exact) mass is 421 g/mol. The highest BCUT2D eigenvalue weighted by Gasteiger charge is 2.19. The minimum absolute atomic E-state index is 0.120. The Balaban J connectivity index is 1.57. The Hall–Kier alpha value is -2.52. The van der Waals surface area contributed by atoms with Gasteiger partial charge in [0.2, 0.25) is 11.8 Å². The molecule has 1 heterocycles. The lowest BCUT2D eigenvalue weighted by atomic mass is 10.3. The molecule has 9 heteroatoms. The summed E-state index contributed by atoms with van der Waals surface area (Å²) in [5.41, 5.74) is 0.362. The highest BCUT2D eigenvalue weighted by molar-refractivity contribution is 8.01. The van der Waals surface area contributed by atoms with Gasteiger partial charge in [0.1, 0.15) is 17.3 Å². The molecule has 0 saturated carbocycles. The first-order valence-electron chi connectivity index (χ1n) is 8.48. The third kappa shape index (κ3) is 4.85. The van der Waals surface area contributed by atoms with Gasteiger partial charge in [-0.3, -0.25) is 9.59 Å². The first-order valence-corrected chi connectivity index (χ1v) is 10.3. The number of nitrogens with zero attached hydrogens (tertiary/aromatic N) is 2.